The summed E-state index contributed by atoms with van der Waals surface area (Å²) in [5.74, 6) is -0.187. The molecule has 0 radical (unpaired) electrons. The summed E-state index contributed by atoms with van der Waals surface area (Å²) < 4.78 is 23.1. The Labute approximate surface area is 170 Å². The lowest BCUT2D eigenvalue weighted by Crippen LogP contribution is -2.27. The Bertz CT molecular complexity index is 1000. The summed E-state index contributed by atoms with van der Waals surface area (Å²) >= 11 is 0. The van der Waals surface area contributed by atoms with E-state index in [4.69, 9.17) is 0 Å². The van der Waals surface area contributed by atoms with Gasteiger partial charge in [-0.1, -0.05) is 12.1 Å². The highest BCUT2D eigenvalue weighted by atomic mass is 32.2. The molecule has 9 heteroatoms. The van der Waals surface area contributed by atoms with E-state index in [0.717, 1.165) is 5.56 Å². The molecule has 0 saturated carbocycles. The highest BCUT2D eigenvalue weighted by Crippen LogP contribution is 2.23. The first-order valence-electron chi connectivity index (χ1n) is 9.04. The molecule has 0 aliphatic rings. The zero-order chi connectivity index (χ0) is 21.8. The number of carbonyl (C=O) groups excluding carboxylic acids is 1. The molecule has 156 valence electrons. The van der Waals surface area contributed by atoms with Crippen molar-refractivity contribution in [1.82, 2.24) is 4.90 Å². The molecule has 29 heavy (non-hydrogen) atoms. The fraction of sp³-hybridized carbons (Fsp3) is 0.350. The van der Waals surface area contributed by atoms with Crippen LogP contribution in [0.15, 0.2) is 47.4 Å². The van der Waals surface area contributed by atoms with Crippen LogP contribution < -0.4 is 5.32 Å². The third-order valence-electron chi connectivity index (χ3n) is 4.84. The van der Waals surface area contributed by atoms with Crippen LogP contribution in [0.3, 0.4) is 0 Å². The zero-order valence-corrected chi connectivity index (χ0v) is 17.7. The molecule has 0 saturated heterocycles. The lowest BCUT2D eigenvalue weighted by molar-refractivity contribution is -0.384. The second kappa shape index (κ2) is 9.15. The van der Waals surface area contributed by atoms with Crippen molar-refractivity contribution in [2.24, 2.45) is 0 Å². The number of sulfone groups is 1. The van der Waals surface area contributed by atoms with Crippen LogP contribution in [0.1, 0.15) is 30.5 Å². The number of non-ortho nitro benzene ring substituents is 1. The Morgan fingerprint density at radius 1 is 1.21 bits per heavy atom. The molecule has 0 aliphatic heterocycles. The maximum atomic E-state index is 12.3. The van der Waals surface area contributed by atoms with Crippen LogP contribution in [0.2, 0.25) is 0 Å². The molecular weight excluding hydrogens is 394 g/mol. The van der Waals surface area contributed by atoms with Gasteiger partial charge in [-0.15, -0.1) is 0 Å². The molecule has 2 rings (SSSR count). The quantitative estimate of drug-likeness (QED) is 0.519. The van der Waals surface area contributed by atoms with Crippen molar-refractivity contribution in [1.29, 1.82) is 0 Å². The van der Waals surface area contributed by atoms with Gasteiger partial charge >= 0.3 is 0 Å². The van der Waals surface area contributed by atoms with E-state index in [1.54, 1.807) is 31.2 Å². The Morgan fingerprint density at radius 2 is 1.83 bits per heavy atom. The molecule has 0 bridgehead atoms. The van der Waals surface area contributed by atoms with Crippen LogP contribution in [0.5, 0.6) is 0 Å². The van der Waals surface area contributed by atoms with E-state index < -0.39 is 14.8 Å². The number of amides is 1. The average Bonchev–Trinajstić information content (AvgIpc) is 2.66. The predicted molar refractivity (Wildman–Crippen MR) is 112 cm³/mol. The van der Waals surface area contributed by atoms with E-state index in [-0.39, 0.29) is 29.0 Å². The number of carbonyl (C=O) groups is 1. The van der Waals surface area contributed by atoms with Crippen molar-refractivity contribution in [3.63, 3.8) is 0 Å². The summed E-state index contributed by atoms with van der Waals surface area (Å²) in [6.45, 7) is 4.18. The minimum Gasteiger partial charge on any atom is -0.326 e. The largest absolute Gasteiger partial charge is 0.326 e. The number of nitrogens with zero attached hydrogens (tertiary/aromatic N) is 2. The number of nitro groups is 1. The van der Waals surface area contributed by atoms with Crippen LogP contribution in [-0.4, -0.2) is 44.0 Å². The number of benzene rings is 2. The molecule has 2 aromatic rings. The molecular formula is C20H25N3O5S. The van der Waals surface area contributed by atoms with Gasteiger partial charge in [0.1, 0.15) is 0 Å². The minimum atomic E-state index is -3.23. The zero-order valence-electron chi connectivity index (χ0n) is 16.9. The first-order chi connectivity index (χ1) is 13.5. The Balaban J connectivity index is 1.93. The minimum absolute atomic E-state index is 0.00230. The molecule has 0 fully saturated rings. The number of hydrogen-bond donors (Lipinski definition) is 1. The van der Waals surface area contributed by atoms with Crippen LogP contribution in [0.25, 0.3) is 0 Å². The monoisotopic (exact) mass is 419 g/mol. The molecule has 2 aromatic carbocycles. The number of nitrogens with one attached hydrogen (secondary N) is 1. The SMILES string of the molecule is Cc1cc([N+](=O)[O-])ccc1NC(=O)CCN(C)C(C)c1ccc(S(C)(=O)=O)cc1. The van der Waals surface area contributed by atoms with Crippen LogP contribution >= 0.6 is 0 Å². The standard InChI is InChI=1S/C20H25N3O5S/c1-14-13-17(23(25)26)7-10-19(14)21-20(24)11-12-22(3)15(2)16-5-8-18(9-6-16)29(4,27)28/h5-10,13,15H,11-12H2,1-4H3,(H,21,24). The van der Waals surface area contributed by atoms with Crippen LogP contribution in [0, 0.1) is 17.0 Å². The summed E-state index contributed by atoms with van der Waals surface area (Å²) in [4.78, 5) is 24.9. The van der Waals surface area contributed by atoms with Crippen molar-refractivity contribution in [2.45, 2.75) is 31.2 Å². The van der Waals surface area contributed by atoms with Gasteiger partial charge < -0.3 is 5.32 Å². The van der Waals surface area contributed by atoms with Gasteiger partial charge in [0.2, 0.25) is 5.91 Å². The van der Waals surface area contributed by atoms with Crippen molar-refractivity contribution in [3.8, 4) is 0 Å². The molecule has 1 unspecified atom stereocenters. The summed E-state index contributed by atoms with van der Waals surface area (Å²) in [6.07, 6.45) is 1.42. The number of hydrogen-bond acceptors (Lipinski definition) is 6. The second-order valence-corrected chi connectivity index (χ2v) is 9.07. The molecule has 1 atom stereocenters. The molecule has 0 spiro atoms. The fourth-order valence-corrected chi connectivity index (χ4v) is 3.46. The molecule has 1 amide bonds. The van der Waals surface area contributed by atoms with Crippen molar-refractivity contribution >= 4 is 27.1 Å². The first kappa shape index (κ1) is 22.5. The topological polar surface area (TPSA) is 110 Å². The Morgan fingerprint density at radius 3 is 2.34 bits per heavy atom. The molecule has 0 aromatic heterocycles. The van der Waals surface area contributed by atoms with Gasteiger partial charge in [0.05, 0.1) is 9.82 Å². The van der Waals surface area contributed by atoms with Gasteiger partial charge in [0, 0.05) is 43.1 Å². The maximum absolute atomic E-state index is 12.3. The summed E-state index contributed by atoms with van der Waals surface area (Å²) in [7, 11) is -1.34. The van der Waals surface area contributed by atoms with Crippen molar-refractivity contribution in [3.05, 3.63) is 63.7 Å². The maximum Gasteiger partial charge on any atom is 0.269 e. The molecule has 0 aliphatic carbocycles. The smallest absolute Gasteiger partial charge is 0.269 e. The molecule has 0 heterocycles. The Hall–Kier alpha value is -2.78. The summed E-state index contributed by atoms with van der Waals surface area (Å²) in [6, 6.07) is 11.0. The van der Waals surface area contributed by atoms with Crippen LogP contribution in [0.4, 0.5) is 11.4 Å². The van der Waals surface area contributed by atoms with E-state index in [9.17, 15) is 23.3 Å². The van der Waals surface area contributed by atoms with Crippen LogP contribution in [-0.2, 0) is 14.6 Å². The second-order valence-electron chi connectivity index (χ2n) is 7.05. The lowest BCUT2D eigenvalue weighted by atomic mass is 10.1. The number of rotatable bonds is 8. The number of nitro benzene ring substituents is 1. The van der Waals surface area contributed by atoms with E-state index in [1.807, 2.05) is 18.9 Å². The van der Waals surface area contributed by atoms with Crippen molar-refractivity contribution < 1.29 is 18.1 Å². The average molecular weight is 420 g/mol. The van der Waals surface area contributed by atoms with E-state index in [2.05, 4.69) is 5.32 Å². The van der Waals surface area contributed by atoms with Gasteiger partial charge in [0.25, 0.3) is 5.69 Å². The molecule has 1 N–H and O–H groups in total. The predicted octanol–water partition coefficient (Wildman–Crippen LogP) is 3.33. The third-order valence-corrected chi connectivity index (χ3v) is 5.97. The van der Waals surface area contributed by atoms with E-state index in [1.165, 1.54) is 24.5 Å². The first-order valence-corrected chi connectivity index (χ1v) is 10.9. The highest BCUT2D eigenvalue weighted by molar-refractivity contribution is 7.90. The number of aryl methyl sites for hydroxylation is 1. The molecule has 8 nitrogen and oxygen atoms in total. The fourth-order valence-electron chi connectivity index (χ4n) is 2.83. The third kappa shape index (κ3) is 6.10. The van der Waals surface area contributed by atoms with Gasteiger partial charge in [-0.25, -0.2) is 8.42 Å². The van der Waals surface area contributed by atoms with E-state index in [0.29, 0.717) is 17.8 Å². The lowest BCUT2D eigenvalue weighted by Gasteiger charge is -2.25. The van der Waals surface area contributed by atoms with Gasteiger partial charge in [-0.05, 0) is 50.2 Å². The summed E-state index contributed by atoms with van der Waals surface area (Å²) in [5.41, 5.74) is 2.11. The van der Waals surface area contributed by atoms with Gasteiger partial charge in [-0.2, -0.15) is 0 Å². The van der Waals surface area contributed by atoms with Gasteiger partial charge in [-0.3, -0.25) is 19.8 Å². The van der Waals surface area contributed by atoms with Crippen molar-refractivity contribution in [2.75, 3.05) is 25.2 Å². The Kier molecular flexibility index (Phi) is 7.10. The van der Waals surface area contributed by atoms with E-state index >= 15 is 0 Å². The summed E-state index contributed by atoms with van der Waals surface area (Å²) in [5, 5.41) is 13.6. The van der Waals surface area contributed by atoms with Gasteiger partial charge in [0.15, 0.2) is 9.84 Å². The highest BCUT2D eigenvalue weighted by Gasteiger charge is 2.15. The normalized spacial score (nSPS) is 12.6. The number of anilines is 1.